The van der Waals surface area contributed by atoms with Gasteiger partial charge in [0.1, 0.15) is 5.82 Å². The van der Waals surface area contributed by atoms with E-state index >= 15 is 0 Å². The molecule has 1 aromatic rings. The average molecular weight is 343 g/mol. The molecule has 0 saturated carbocycles. The largest absolute Gasteiger partial charge is 0.419 e. The first-order valence-corrected chi connectivity index (χ1v) is 7.95. The van der Waals surface area contributed by atoms with E-state index < -0.39 is 11.7 Å². The average Bonchev–Trinajstić information content (AvgIpc) is 2.87. The van der Waals surface area contributed by atoms with E-state index in [0.717, 1.165) is 31.5 Å². The topological polar surface area (TPSA) is 52.6 Å². The van der Waals surface area contributed by atoms with Gasteiger partial charge in [-0.3, -0.25) is 4.99 Å². The van der Waals surface area contributed by atoms with Gasteiger partial charge in [-0.25, -0.2) is 4.98 Å². The van der Waals surface area contributed by atoms with Crippen molar-refractivity contribution in [2.24, 2.45) is 10.4 Å². The summed E-state index contributed by atoms with van der Waals surface area (Å²) in [7, 11) is 1.71. The van der Waals surface area contributed by atoms with Crippen LogP contribution in [0, 0.1) is 5.41 Å². The van der Waals surface area contributed by atoms with Crippen LogP contribution in [0.1, 0.15) is 25.8 Å². The van der Waals surface area contributed by atoms with Crippen molar-refractivity contribution < 1.29 is 13.2 Å². The number of pyridine rings is 1. The number of aromatic nitrogens is 1. The van der Waals surface area contributed by atoms with Crippen molar-refractivity contribution in [2.45, 2.75) is 26.4 Å². The first-order chi connectivity index (χ1) is 11.2. The summed E-state index contributed by atoms with van der Waals surface area (Å²) in [4.78, 5) is 10.2. The van der Waals surface area contributed by atoms with Crippen molar-refractivity contribution in [3.05, 3.63) is 23.9 Å². The molecule has 1 aliphatic rings. The maximum Gasteiger partial charge on any atom is 0.419 e. The van der Waals surface area contributed by atoms with Crippen LogP contribution >= 0.6 is 0 Å². The summed E-state index contributed by atoms with van der Waals surface area (Å²) in [5.41, 5.74) is -0.499. The normalized spacial score (nSPS) is 17.9. The van der Waals surface area contributed by atoms with Crippen molar-refractivity contribution >= 4 is 11.8 Å². The number of hydrogen-bond acceptors (Lipinski definition) is 3. The van der Waals surface area contributed by atoms with Crippen LogP contribution < -0.4 is 10.6 Å². The number of nitrogens with one attached hydrogen (secondary N) is 2. The lowest BCUT2D eigenvalue weighted by Crippen LogP contribution is -2.42. The van der Waals surface area contributed by atoms with Gasteiger partial charge in [-0.2, -0.15) is 13.2 Å². The number of hydrogen-bond donors (Lipinski definition) is 2. The van der Waals surface area contributed by atoms with Crippen molar-refractivity contribution in [3.63, 3.8) is 0 Å². The number of halogens is 3. The van der Waals surface area contributed by atoms with Crippen LogP contribution in [0.4, 0.5) is 19.0 Å². The molecule has 5 nitrogen and oxygen atoms in total. The highest BCUT2D eigenvalue weighted by Crippen LogP contribution is 2.33. The highest BCUT2D eigenvalue weighted by atomic mass is 19.4. The van der Waals surface area contributed by atoms with Crippen molar-refractivity contribution in [1.82, 2.24) is 15.2 Å². The maximum atomic E-state index is 12.9. The first kappa shape index (κ1) is 18.4. The SMILES string of the molecule is CN=C(NCCNc1ncccc1C(F)(F)F)N1CCC(C)(C)C1. The second-order valence-corrected chi connectivity index (χ2v) is 6.63. The van der Waals surface area contributed by atoms with Crippen molar-refractivity contribution in [1.29, 1.82) is 0 Å². The molecule has 1 saturated heterocycles. The fourth-order valence-corrected chi connectivity index (χ4v) is 2.76. The Hall–Kier alpha value is -1.99. The molecule has 1 fully saturated rings. The summed E-state index contributed by atoms with van der Waals surface area (Å²) < 4.78 is 38.7. The van der Waals surface area contributed by atoms with Gasteiger partial charge in [-0.15, -0.1) is 0 Å². The molecule has 0 amide bonds. The molecule has 0 bridgehead atoms. The van der Waals surface area contributed by atoms with Crippen LogP contribution in [0.15, 0.2) is 23.3 Å². The summed E-state index contributed by atoms with van der Waals surface area (Å²) in [5, 5.41) is 5.92. The zero-order valence-electron chi connectivity index (χ0n) is 14.2. The minimum atomic E-state index is -4.42. The van der Waals surface area contributed by atoms with Crippen LogP contribution in [0.25, 0.3) is 0 Å². The van der Waals surface area contributed by atoms with E-state index in [1.54, 1.807) is 7.05 Å². The van der Waals surface area contributed by atoms with Gasteiger partial charge < -0.3 is 15.5 Å². The molecule has 1 aromatic heterocycles. The lowest BCUT2D eigenvalue weighted by Gasteiger charge is -2.23. The summed E-state index contributed by atoms with van der Waals surface area (Å²) in [6.07, 6.45) is -1.98. The monoisotopic (exact) mass is 343 g/mol. The van der Waals surface area contributed by atoms with Crippen LogP contribution in [0.5, 0.6) is 0 Å². The van der Waals surface area contributed by atoms with Crippen molar-refractivity contribution in [2.75, 3.05) is 38.5 Å². The minimum Gasteiger partial charge on any atom is -0.368 e. The number of alkyl halides is 3. The predicted molar refractivity (Wildman–Crippen MR) is 89.1 cm³/mol. The van der Waals surface area contributed by atoms with Crippen molar-refractivity contribution in [3.8, 4) is 0 Å². The number of anilines is 1. The highest BCUT2D eigenvalue weighted by Gasteiger charge is 2.34. The molecular weight excluding hydrogens is 319 g/mol. The molecule has 0 spiro atoms. The van der Waals surface area contributed by atoms with E-state index in [-0.39, 0.29) is 11.2 Å². The number of aliphatic imine (C=N–C) groups is 1. The molecule has 1 aliphatic heterocycles. The van der Waals surface area contributed by atoms with Gasteiger partial charge in [0.25, 0.3) is 0 Å². The molecular formula is C16H24F3N5. The van der Waals surface area contributed by atoms with E-state index in [2.05, 4.69) is 39.4 Å². The number of guanidine groups is 1. The molecule has 134 valence electrons. The van der Waals surface area contributed by atoms with E-state index in [1.165, 1.54) is 12.3 Å². The number of likely N-dealkylation sites (tertiary alicyclic amines) is 1. The Morgan fingerprint density at radius 3 is 2.71 bits per heavy atom. The molecule has 0 unspecified atom stereocenters. The second-order valence-electron chi connectivity index (χ2n) is 6.63. The molecule has 2 heterocycles. The van der Waals surface area contributed by atoms with E-state index in [0.29, 0.717) is 13.1 Å². The number of nitrogens with zero attached hydrogens (tertiary/aromatic N) is 3. The first-order valence-electron chi connectivity index (χ1n) is 7.95. The Labute approximate surface area is 140 Å². The van der Waals surface area contributed by atoms with Gasteiger partial charge in [0.15, 0.2) is 5.96 Å². The lowest BCUT2D eigenvalue weighted by molar-refractivity contribution is -0.137. The van der Waals surface area contributed by atoms with Gasteiger partial charge in [0.2, 0.25) is 0 Å². The number of rotatable bonds is 4. The molecule has 0 radical (unpaired) electrons. The van der Waals surface area contributed by atoms with Gasteiger partial charge in [-0.05, 0) is 24.0 Å². The molecule has 8 heteroatoms. The fraction of sp³-hybridized carbons (Fsp3) is 0.625. The van der Waals surface area contributed by atoms with Gasteiger partial charge >= 0.3 is 6.18 Å². The molecule has 2 N–H and O–H groups in total. The maximum absolute atomic E-state index is 12.9. The Bertz CT molecular complexity index is 583. The standard InChI is InChI=1S/C16H24F3N5/c1-15(2)6-10-24(11-15)14(20-3)23-9-8-22-13-12(16(17,18)19)5-4-7-21-13/h4-5,7H,6,8-11H2,1-3H3,(H,20,23)(H,21,22). The quantitative estimate of drug-likeness (QED) is 0.501. The van der Waals surface area contributed by atoms with E-state index in [1.807, 2.05) is 0 Å². The molecule has 0 aromatic carbocycles. The summed E-state index contributed by atoms with van der Waals surface area (Å²) in [6, 6.07) is 2.30. The van der Waals surface area contributed by atoms with Crippen LogP contribution in [0.2, 0.25) is 0 Å². The van der Waals surface area contributed by atoms with Crippen LogP contribution in [-0.4, -0.2) is 49.1 Å². The predicted octanol–water partition coefficient (Wildman–Crippen LogP) is 2.82. The van der Waals surface area contributed by atoms with Gasteiger partial charge in [-0.1, -0.05) is 13.8 Å². The van der Waals surface area contributed by atoms with E-state index in [4.69, 9.17) is 0 Å². The Balaban J connectivity index is 1.85. The minimum absolute atomic E-state index is 0.149. The molecule has 24 heavy (non-hydrogen) atoms. The Morgan fingerprint density at radius 1 is 1.38 bits per heavy atom. The van der Waals surface area contributed by atoms with Crippen LogP contribution in [0.3, 0.4) is 0 Å². The third kappa shape index (κ3) is 4.75. The molecule has 0 aliphatic carbocycles. The second kappa shape index (κ2) is 7.27. The summed E-state index contributed by atoms with van der Waals surface area (Å²) >= 11 is 0. The van der Waals surface area contributed by atoms with Gasteiger partial charge in [0, 0.05) is 39.4 Å². The Morgan fingerprint density at radius 2 is 2.12 bits per heavy atom. The van der Waals surface area contributed by atoms with Crippen LogP contribution in [-0.2, 0) is 6.18 Å². The third-order valence-electron chi connectivity index (χ3n) is 4.00. The fourth-order valence-electron chi connectivity index (χ4n) is 2.76. The van der Waals surface area contributed by atoms with Gasteiger partial charge in [0.05, 0.1) is 5.56 Å². The third-order valence-corrected chi connectivity index (χ3v) is 4.00. The Kier molecular flexibility index (Phi) is 5.56. The summed E-state index contributed by atoms with van der Waals surface area (Å²) in [5.74, 6) is 0.628. The highest BCUT2D eigenvalue weighted by molar-refractivity contribution is 5.80. The summed E-state index contributed by atoms with van der Waals surface area (Å²) in [6.45, 7) is 7.04. The molecule has 2 rings (SSSR count). The zero-order chi connectivity index (χ0) is 17.8. The molecule has 0 atom stereocenters. The smallest absolute Gasteiger partial charge is 0.368 e. The zero-order valence-corrected chi connectivity index (χ0v) is 14.2. The lowest BCUT2D eigenvalue weighted by atomic mass is 9.93. The van der Waals surface area contributed by atoms with E-state index in [9.17, 15) is 13.2 Å².